The van der Waals surface area contributed by atoms with Gasteiger partial charge in [-0.05, 0) is 58.9 Å². The highest BCUT2D eigenvalue weighted by molar-refractivity contribution is 5.33. The van der Waals surface area contributed by atoms with Gasteiger partial charge in [0.15, 0.2) is 0 Å². The molecule has 0 radical (unpaired) electrons. The predicted molar refractivity (Wildman–Crippen MR) is 132 cm³/mol. The molecule has 0 aliphatic rings. The summed E-state index contributed by atoms with van der Waals surface area (Å²) in [6.45, 7) is 3.45. The number of hydrogen-bond acceptors (Lipinski definition) is 3. The number of rotatable bonds is 9. The molecule has 1 atom stereocenters. The maximum Gasteiger partial charge on any atom is 0.119 e. The molecule has 3 nitrogen and oxygen atoms in total. The van der Waals surface area contributed by atoms with Crippen LogP contribution in [-0.2, 0) is 19.6 Å². The average Bonchev–Trinajstić information content (AvgIpc) is 2.84. The summed E-state index contributed by atoms with van der Waals surface area (Å²) in [7, 11) is 0. The Kier molecular flexibility index (Phi) is 8.47. The first kappa shape index (κ1) is 23.1. The molecule has 0 heterocycles. The number of hydrogen-bond donors (Lipinski definition) is 1. The van der Waals surface area contributed by atoms with Crippen molar-refractivity contribution in [1.82, 2.24) is 6.15 Å². The summed E-state index contributed by atoms with van der Waals surface area (Å²) >= 11 is 0. The van der Waals surface area contributed by atoms with Gasteiger partial charge in [0, 0.05) is 0 Å². The van der Waals surface area contributed by atoms with Crippen LogP contribution in [0.5, 0.6) is 11.5 Å². The van der Waals surface area contributed by atoms with E-state index < -0.39 is 0 Å². The Bertz CT molecular complexity index is 1050. The van der Waals surface area contributed by atoms with Gasteiger partial charge in [-0.15, -0.1) is 0 Å². The molecule has 32 heavy (non-hydrogen) atoms. The van der Waals surface area contributed by atoms with E-state index >= 15 is 0 Å². The predicted octanol–water partition coefficient (Wildman–Crippen LogP) is 7.35. The summed E-state index contributed by atoms with van der Waals surface area (Å²) in [6, 6.07) is 37.4. The fraction of sp³-hybridized carbons (Fsp3) is 0.172. The molecule has 164 valence electrons. The first-order valence-corrected chi connectivity index (χ1v) is 10.8. The van der Waals surface area contributed by atoms with Gasteiger partial charge in [0.05, 0.1) is 0 Å². The summed E-state index contributed by atoms with van der Waals surface area (Å²) in [4.78, 5) is 0. The van der Waals surface area contributed by atoms with Gasteiger partial charge in [0.1, 0.15) is 24.7 Å². The standard InChI is InChI=1S/C29H28O2.H3N/c1-23(27-14-18-29(19-15-27)31-22-26-10-6-3-7-11-26)20-24-12-16-28(17-13-24)30-21-25-8-4-2-5-9-25;/h2-19,23H,20-22H2,1H3;1H3. The number of ether oxygens (including phenoxy) is 2. The van der Waals surface area contributed by atoms with Crippen LogP contribution in [0.15, 0.2) is 109 Å². The molecule has 4 aromatic carbocycles. The van der Waals surface area contributed by atoms with Gasteiger partial charge < -0.3 is 15.6 Å². The normalized spacial score (nSPS) is 11.3. The van der Waals surface area contributed by atoms with E-state index in [0.717, 1.165) is 17.9 Å². The van der Waals surface area contributed by atoms with Gasteiger partial charge in [-0.2, -0.15) is 0 Å². The van der Waals surface area contributed by atoms with Crippen LogP contribution in [0.2, 0.25) is 0 Å². The molecule has 3 heteroatoms. The second kappa shape index (κ2) is 11.7. The molecule has 0 amide bonds. The van der Waals surface area contributed by atoms with Crippen LogP contribution in [0.4, 0.5) is 0 Å². The van der Waals surface area contributed by atoms with Crippen molar-refractivity contribution in [2.24, 2.45) is 0 Å². The van der Waals surface area contributed by atoms with Gasteiger partial charge in [-0.1, -0.05) is 91.9 Å². The Morgan fingerprint density at radius 2 is 0.969 bits per heavy atom. The first-order valence-electron chi connectivity index (χ1n) is 10.8. The fourth-order valence-corrected chi connectivity index (χ4v) is 3.57. The first-order chi connectivity index (χ1) is 15.3. The van der Waals surface area contributed by atoms with Crippen molar-refractivity contribution in [2.45, 2.75) is 32.5 Å². The van der Waals surface area contributed by atoms with E-state index in [2.05, 4.69) is 79.7 Å². The van der Waals surface area contributed by atoms with Crippen LogP contribution in [-0.4, -0.2) is 0 Å². The molecule has 0 saturated heterocycles. The van der Waals surface area contributed by atoms with Gasteiger partial charge in [-0.25, -0.2) is 0 Å². The smallest absolute Gasteiger partial charge is 0.119 e. The molecule has 0 aliphatic carbocycles. The summed E-state index contributed by atoms with van der Waals surface area (Å²) in [5, 5.41) is 0. The molecular formula is C29H31NO2. The highest BCUT2D eigenvalue weighted by Crippen LogP contribution is 2.24. The lowest BCUT2D eigenvalue weighted by Gasteiger charge is -2.14. The fourth-order valence-electron chi connectivity index (χ4n) is 3.57. The van der Waals surface area contributed by atoms with Gasteiger partial charge in [0.2, 0.25) is 0 Å². The van der Waals surface area contributed by atoms with Crippen molar-refractivity contribution < 1.29 is 9.47 Å². The van der Waals surface area contributed by atoms with Crippen molar-refractivity contribution in [3.05, 3.63) is 131 Å². The summed E-state index contributed by atoms with van der Waals surface area (Å²) < 4.78 is 11.8. The number of benzene rings is 4. The molecule has 0 aromatic heterocycles. The molecule has 4 rings (SSSR count). The van der Waals surface area contributed by atoms with Gasteiger partial charge in [-0.3, -0.25) is 0 Å². The molecular weight excluding hydrogens is 394 g/mol. The SMILES string of the molecule is CC(Cc1ccc(OCc2ccccc2)cc1)c1ccc(OCc2ccccc2)cc1.N. The molecule has 1 unspecified atom stereocenters. The van der Waals surface area contributed by atoms with Crippen LogP contribution in [0.1, 0.15) is 35.1 Å². The Hall–Kier alpha value is -3.56. The lowest BCUT2D eigenvalue weighted by Crippen LogP contribution is -2.00. The van der Waals surface area contributed by atoms with E-state index in [1.807, 2.05) is 36.4 Å². The Labute approximate surface area is 191 Å². The lowest BCUT2D eigenvalue weighted by molar-refractivity contribution is 0.306. The van der Waals surface area contributed by atoms with Crippen LogP contribution in [0.3, 0.4) is 0 Å². The van der Waals surface area contributed by atoms with Crippen LogP contribution < -0.4 is 15.6 Å². The molecule has 4 aromatic rings. The minimum Gasteiger partial charge on any atom is -0.489 e. The maximum absolute atomic E-state index is 5.90. The monoisotopic (exact) mass is 425 g/mol. The van der Waals surface area contributed by atoms with Crippen molar-refractivity contribution in [3.8, 4) is 11.5 Å². The van der Waals surface area contributed by atoms with E-state index in [1.54, 1.807) is 0 Å². The van der Waals surface area contributed by atoms with E-state index in [1.165, 1.54) is 22.3 Å². The zero-order chi connectivity index (χ0) is 21.3. The zero-order valence-corrected chi connectivity index (χ0v) is 18.6. The topological polar surface area (TPSA) is 53.5 Å². The second-order valence-electron chi connectivity index (χ2n) is 7.87. The third-order valence-corrected chi connectivity index (χ3v) is 5.41. The molecule has 0 fully saturated rings. The minimum atomic E-state index is 0. The van der Waals surface area contributed by atoms with Crippen molar-refractivity contribution in [1.29, 1.82) is 0 Å². The molecule has 0 bridgehead atoms. The summed E-state index contributed by atoms with van der Waals surface area (Å²) in [5.74, 6) is 2.24. The lowest BCUT2D eigenvalue weighted by atomic mass is 9.94. The second-order valence-corrected chi connectivity index (χ2v) is 7.87. The van der Waals surface area contributed by atoms with Crippen LogP contribution in [0, 0.1) is 0 Å². The highest BCUT2D eigenvalue weighted by Gasteiger charge is 2.08. The summed E-state index contributed by atoms with van der Waals surface area (Å²) in [6.07, 6.45) is 0.989. The highest BCUT2D eigenvalue weighted by atomic mass is 16.5. The molecule has 3 N–H and O–H groups in total. The van der Waals surface area contributed by atoms with Gasteiger partial charge >= 0.3 is 0 Å². The third-order valence-electron chi connectivity index (χ3n) is 5.41. The van der Waals surface area contributed by atoms with E-state index in [0.29, 0.717) is 19.1 Å². The Balaban J connectivity index is 0.00000289. The van der Waals surface area contributed by atoms with E-state index in [9.17, 15) is 0 Å². The molecule has 0 aliphatic heterocycles. The summed E-state index contributed by atoms with van der Waals surface area (Å²) in [5.41, 5.74) is 4.98. The molecule has 0 spiro atoms. The largest absolute Gasteiger partial charge is 0.489 e. The Morgan fingerprint density at radius 1 is 0.531 bits per heavy atom. The van der Waals surface area contributed by atoms with E-state index in [-0.39, 0.29) is 6.15 Å². The molecule has 0 saturated carbocycles. The van der Waals surface area contributed by atoms with Crippen LogP contribution in [0.25, 0.3) is 0 Å². The quantitative estimate of drug-likeness (QED) is 0.305. The minimum absolute atomic E-state index is 0. The van der Waals surface area contributed by atoms with E-state index in [4.69, 9.17) is 9.47 Å². The van der Waals surface area contributed by atoms with Crippen molar-refractivity contribution in [3.63, 3.8) is 0 Å². The van der Waals surface area contributed by atoms with Crippen LogP contribution >= 0.6 is 0 Å². The van der Waals surface area contributed by atoms with Crippen molar-refractivity contribution >= 4 is 0 Å². The Morgan fingerprint density at radius 3 is 1.44 bits per heavy atom. The zero-order valence-electron chi connectivity index (χ0n) is 18.6. The average molecular weight is 426 g/mol. The maximum atomic E-state index is 5.90. The van der Waals surface area contributed by atoms with Crippen molar-refractivity contribution in [2.75, 3.05) is 0 Å². The van der Waals surface area contributed by atoms with Gasteiger partial charge in [0.25, 0.3) is 0 Å². The third kappa shape index (κ3) is 6.73.